The van der Waals surface area contributed by atoms with Crippen LogP contribution in [-0.4, -0.2) is 37.7 Å². The number of benzene rings is 1. The van der Waals surface area contributed by atoms with Gasteiger partial charge in [0.25, 0.3) is 5.78 Å². The Labute approximate surface area is 99.0 Å². The van der Waals surface area contributed by atoms with Gasteiger partial charge in [0.15, 0.2) is 0 Å². The molecule has 5 nitrogen and oxygen atoms in total. The molecule has 1 aromatic rings. The highest BCUT2D eigenvalue weighted by molar-refractivity contribution is 6.39. The average Bonchev–Trinajstić information content (AvgIpc) is 2.35. The smallest absolute Gasteiger partial charge is 0.377 e. The molecule has 0 saturated carbocycles. The Morgan fingerprint density at radius 2 is 1.82 bits per heavy atom. The van der Waals surface area contributed by atoms with E-state index in [0.29, 0.717) is 6.61 Å². The summed E-state index contributed by atoms with van der Waals surface area (Å²) in [4.78, 5) is 21.6. The molecular weight excluding hydrogens is 224 g/mol. The summed E-state index contributed by atoms with van der Waals surface area (Å²) in [5.41, 5.74) is 0.977. The molecule has 17 heavy (non-hydrogen) atoms. The van der Waals surface area contributed by atoms with E-state index in [1.54, 1.807) is 26.4 Å². The molecule has 0 spiro atoms. The average molecular weight is 238 g/mol. The van der Waals surface area contributed by atoms with E-state index in [-0.39, 0.29) is 11.7 Å². The lowest BCUT2D eigenvalue weighted by Gasteiger charge is -2.14. The lowest BCUT2D eigenvalue weighted by Crippen LogP contribution is -2.13. The number of hydrogen-bond acceptors (Lipinski definition) is 4. The van der Waals surface area contributed by atoms with Gasteiger partial charge in [-0.2, -0.15) is 0 Å². The lowest BCUT2D eigenvalue weighted by atomic mass is 10.0. The highest BCUT2D eigenvalue weighted by Crippen LogP contribution is 2.17. The highest BCUT2D eigenvalue weighted by atomic mass is 16.5. The zero-order valence-corrected chi connectivity index (χ0v) is 9.67. The van der Waals surface area contributed by atoms with Gasteiger partial charge < -0.3 is 14.6 Å². The molecule has 0 aromatic heterocycles. The van der Waals surface area contributed by atoms with Gasteiger partial charge in [0.05, 0.1) is 6.61 Å². The van der Waals surface area contributed by atoms with Crippen LogP contribution in [0.25, 0.3) is 0 Å². The Bertz CT molecular complexity index is 396. The molecule has 1 N–H and O–H groups in total. The molecule has 1 atom stereocenters. The van der Waals surface area contributed by atoms with Crippen LogP contribution in [-0.2, 0) is 14.3 Å². The van der Waals surface area contributed by atoms with Crippen LogP contribution in [0.4, 0.5) is 0 Å². The number of carboxylic acid groups (broad SMARTS) is 1. The van der Waals surface area contributed by atoms with E-state index < -0.39 is 11.8 Å². The molecule has 0 saturated heterocycles. The number of Topliss-reactive ketones (excluding diaryl/α,β-unsaturated/α-hetero) is 1. The molecule has 5 heteroatoms. The molecule has 0 aliphatic heterocycles. The number of ether oxygens (including phenoxy) is 2. The van der Waals surface area contributed by atoms with Crippen molar-refractivity contribution >= 4 is 11.8 Å². The molecule has 0 bridgehead atoms. The van der Waals surface area contributed by atoms with Crippen molar-refractivity contribution in [3.63, 3.8) is 0 Å². The Hall–Kier alpha value is -1.72. The van der Waals surface area contributed by atoms with E-state index >= 15 is 0 Å². The van der Waals surface area contributed by atoms with Gasteiger partial charge in [0.2, 0.25) is 0 Å². The summed E-state index contributed by atoms with van der Waals surface area (Å²) in [5.74, 6) is -2.38. The van der Waals surface area contributed by atoms with Crippen molar-refractivity contribution < 1.29 is 24.2 Å². The molecule has 1 aromatic carbocycles. The van der Waals surface area contributed by atoms with Crippen molar-refractivity contribution in [2.45, 2.75) is 6.10 Å². The van der Waals surface area contributed by atoms with Crippen LogP contribution in [0.5, 0.6) is 0 Å². The summed E-state index contributed by atoms with van der Waals surface area (Å²) in [6.07, 6.45) is -0.228. The van der Waals surface area contributed by atoms with Gasteiger partial charge in [-0.05, 0) is 5.56 Å². The Morgan fingerprint density at radius 1 is 1.24 bits per heavy atom. The summed E-state index contributed by atoms with van der Waals surface area (Å²) in [7, 11) is 3.12. The van der Waals surface area contributed by atoms with E-state index in [9.17, 15) is 9.59 Å². The van der Waals surface area contributed by atoms with Gasteiger partial charge in [0.1, 0.15) is 6.10 Å². The zero-order valence-electron chi connectivity index (χ0n) is 9.67. The molecule has 0 radical (unpaired) electrons. The summed E-state index contributed by atoms with van der Waals surface area (Å²) >= 11 is 0. The molecular formula is C12H14O5. The highest BCUT2D eigenvalue weighted by Gasteiger charge is 2.15. The number of carbonyl (C=O) groups excluding carboxylic acids is 1. The van der Waals surface area contributed by atoms with E-state index in [0.717, 1.165) is 5.56 Å². The first-order valence-corrected chi connectivity index (χ1v) is 4.99. The second kappa shape index (κ2) is 6.12. The van der Waals surface area contributed by atoms with E-state index in [1.165, 1.54) is 12.1 Å². The molecule has 1 rings (SSSR count). The van der Waals surface area contributed by atoms with Crippen molar-refractivity contribution in [3.8, 4) is 0 Å². The number of methoxy groups -OCH3 is 2. The van der Waals surface area contributed by atoms with Crippen LogP contribution < -0.4 is 0 Å². The fourth-order valence-corrected chi connectivity index (χ4v) is 1.42. The Balaban J connectivity index is 2.86. The van der Waals surface area contributed by atoms with Crippen molar-refractivity contribution in [1.29, 1.82) is 0 Å². The van der Waals surface area contributed by atoms with E-state index in [4.69, 9.17) is 14.6 Å². The van der Waals surface area contributed by atoms with Crippen molar-refractivity contribution in [2.24, 2.45) is 0 Å². The third-order valence-electron chi connectivity index (χ3n) is 2.34. The Morgan fingerprint density at radius 3 is 2.24 bits per heavy atom. The monoisotopic (exact) mass is 238 g/mol. The maximum atomic E-state index is 11.2. The van der Waals surface area contributed by atoms with Crippen LogP contribution in [0, 0.1) is 0 Å². The fraction of sp³-hybridized carbons (Fsp3) is 0.333. The van der Waals surface area contributed by atoms with Gasteiger partial charge in [-0.15, -0.1) is 0 Å². The Kier molecular flexibility index (Phi) is 4.81. The summed E-state index contributed by atoms with van der Waals surface area (Å²) < 4.78 is 10.2. The normalized spacial score (nSPS) is 12.1. The van der Waals surface area contributed by atoms with Gasteiger partial charge in [-0.1, -0.05) is 24.3 Å². The number of aliphatic carboxylic acids is 1. The molecule has 0 amide bonds. The van der Waals surface area contributed by atoms with E-state index in [2.05, 4.69) is 0 Å². The third kappa shape index (κ3) is 3.37. The van der Waals surface area contributed by atoms with Crippen LogP contribution in [0.2, 0.25) is 0 Å². The molecule has 92 valence electrons. The minimum absolute atomic E-state index is 0.147. The molecule has 1 unspecified atom stereocenters. The van der Waals surface area contributed by atoms with Crippen LogP contribution >= 0.6 is 0 Å². The zero-order chi connectivity index (χ0) is 12.8. The summed E-state index contributed by atoms with van der Waals surface area (Å²) in [6.45, 7) is 0.392. The SMILES string of the molecule is COCC(OC)c1ccc(C(=O)C(=O)O)cc1. The largest absolute Gasteiger partial charge is 0.475 e. The van der Waals surface area contributed by atoms with Crippen LogP contribution in [0.15, 0.2) is 24.3 Å². The van der Waals surface area contributed by atoms with Gasteiger partial charge in [-0.3, -0.25) is 4.79 Å². The van der Waals surface area contributed by atoms with Crippen molar-refractivity contribution in [3.05, 3.63) is 35.4 Å². The van der Waals surface area contributed by atoms with Gasteiger partial charge >= 0.3 is 5.97 Å². The summed E-state index contributed by atoms with van der Waals surface area (Å²) in [6, 6.07) is 6.24. The first-order valence-electron chi connectivity index (χ1n) is 4.99. The topological polar surface area (TPSA) is 72.8 Å². The quantitative estimate of drug-likeness (QED) is 0.597. The first-order chi connectivity index (χ1) is 8.10. The van der Waals surface area contributed by atoms with Crippen LogP contribution in [0.3, 0.4) is 0 Å². The number of hydrogen-bond donors (Lipinski definition) is 1. The number of rotatable bonds is 6. The predicted molar refractivity (Wildman–Crippen MR) is 60.0 cm³/mol. The molecule has 0 aliphatic rings. The lowest BCUT2D eigenvalue weighted by molar-refractivity contribution is -0.131. The standard InChI is InChI=1S/C12H14O5/c1-16-7-10(17-2)8-3-5-9(6-4-8)11(13)12(14)15/h3-6,10H,7H2,1-2H3,(H,14,15). The van der Waals surface area contributed by atoms with E-state index in [1.807, 2.05) is 0 Å². The molecule has 0 aliphatic carbocycles. The number of carboxylic acids is 1. The second-order valence-corrected chi connectivity index (χ2v) is 3.44. The summed E-state index contributed by atoms with van der Waals surface area (Å²) in [5, 5.41) is 8.55. The fourth-order valence-electron chi connectivity index (χ4n) is 1.42. The maximum Gasteiger partial charge on any atom is 0.377 e. The first kappa shape index (κ1) is 13.3. The minimum atomic E-state index is -1.46. The van der Waals surface area contributed by atoms with Gasteiger partial charge in [0, 0.05) is 19.8 Å². The maximum absolute atomic E-state index is 11.2. The third-order valence-corrected chi connectivity index (χ3v) is 2.34. The molecule has 0 heterocycles. The van der Waals surface area contributed by atoms with Crippen molar-refractivity contribution in [1.82, 2.24) is 0 Å². The minimum Gasteiger partial charge on any atom is -0.475 e. The van der Waals surface area contributed by atoms with Crippen LogP contribution in [0.1, 0.15) is 22.0 Å². The number of ketones is 1. The van der Waals surface area contributed by atoms with Crippen molar-refractivity contribution in [2.75, 3.05) is 20.8 Å². The molecule has 0 fully saturated rings. The predicted octanol–water partition coefficient (Wildman–Crippen LogP) is 1.29. The second-order valence-electron chi connectivity index (χ2n) is 3.44. The van der Waals surface area contributed by atoms with Gasteiger partial charge in [-0.25, -0.2) is 4.79 Å². The number of carbonyl (C=O) groups is 2.